The Morgan fingerprint density at radius 2 is 1.61 bits per heavy atom. The van der Waals surface area contributed by atoms with Crippen molar-refractivity contribution in [2.45, 2.75) is 25.4 Å². The molecule has 2 rings (SSSR count). The van der Waals surface area contributed by atoms with Gasteiger partial charge in [0.25, 0.3) is 11.8 Å². The van der Waals surface area contributed by atoms with Gasteiger partial charge in [0.15, 0.2) is 0 Å². The van der Waals surface area contributed by atoms with E-state index in [9.17, 15) is 27.6 Å². The number of alkyl halides is 3. The Kier molecular flexibility index (Phi) is 5.02. The van der Waals surface area contributed by atoms with Gasteiger partial charge in [-0.05, 0) is 25.0 Å². The minimum absolute atomic E-state index is 0.0675. The molecule has 0 saturated heterocycles. The predicted octanol–water partition coefficient (Wildman–Crippen LogP) is 2.13. The van der Waals surface area contributed by atoms with E-state index in [1.807, 2.05) is 0 Å². The van der Waals surface area contributed by atoms with E-state index in [-0.39, 0.29) is 24.9 Å². The Bertz CT molecular complexity index is 594. The number of fused-ring (bicyclic) bond motifs is 1. The minimum atomic E-state index is -4.52. The molecule has 0 aromatic heterocycles. The van der Waals surface area contributed by atoms with Crippen LogP contribution in [0.15, 0.2) is 24.3 Å². The lowest BCUT2D eigenvalue weighted by Crippen LogP contribution is -2.32. The van der Waals surface area contributed by atoms with Crippen molar-refractivity contribution >= 4 is 17.7 Å². The van der Waals surface area contributed by atoms with Crippen LogP contribution < -0.4 is 5.32 Å². The van der Waals surface area contributed by atoms with Crippen molar-refractivity contribution in [3.63, 3.8) is 0 Å². The van der Waals surface area contributed by atoms with Crippen molar-refractivity contribution in [1.82, 2.24) is 10.2 Å². The number of amides is 3. The maximum Gasteiger partial charge on any atom is 0.397 e. The summed E-state index contributed by atoms with van der Waals surface area (Å²) in [5.74, 6) is -1.82. The molecule has 23 heavy (non-hydrogen) atoms. The standard InChI is InChI=1S/C15H15F3N2O3/c16-15(17,18)9-12(21)19-7-3-4-8-20-13(22)10-5-1-2-6-11(10)14(20)23/h1-2,5-6H,3-4,7-9H2,(H,19,21). The summed E-state index contributed by atoms with van der Waals surface area (Å²) in [7, 11) is 0. The van der Waals surface area contributed by atoms with Crippen LogP contribution in [0.25, 0.3) is 0 Å². The molecule has 0 radical (unpaired) electrons. The van der Waals surface area contributed by atoms with Crippen molar-refractivity contribution in [3.8, 4) is 0 Å². The normalized spacial score (nSPS) is 14.1. The van der Waals surface area contributed by atoms with Crippen LogP contribution in [-0.4, -0.2) is 41.9 Å². The Balaban J connectivity index is 1.73. The molecule has 1 aliphatic heterocycles. The Labute approximate surface area is 130 Å². The number of carbonyl (C=O) groups is 3. The van der Waals surface area contributed by atoms with Crippen LogP contribution in [-0.2, 0) is 4.79 Å². The molecule has 1 aromatic carbocycles. The quantitative estimate of drug-likeness (QED) is 0.643. The zero-order chi connectivity index (χ0) is 17.0. The first-order valence-electron chi connectivity index (χ1n) is 7.08. The number of rotatable bonds is 6. The summed E-state index contributed by atoms with van der Waals surface area (Å²) in [4.78, 5) is 36.2. The highest BCUT2D eigenvalue weighted by Crippen LogP contribution is 2.22. The van der Waals surface area contributed by atoms with Crippen LogP contribution in [0.1, 0.15) is 40.0 Å². The second kappa shape index (κ2) is 6.80. The zero-order valence-corrected chi connectivity index (χ0v) is 12.2. The summed E-state index contributed by atoms with van der Waals surface area (Å²) in [5, 5.41) is 2.16. The maximum absolute atomic E-state index is 12.0. The maximum atomic E-state index is 12.0. The summed E-state index contributed by atoms with van der Waals surface area (Å²) in [5.41, 5.74) is 0.715. The lowest BCUT2D eigenvalue weighted by atomic mass is 10.1. The second-order valence-corrected chi connectivity index (χ2v) is 5.16. The lowest BCUT2D eigenvalue weighted by molar-refractivity contribution is -0.153. The average Bonchev–Trinajstić information content (AvgIpc) is 2.70. The van der Waals surface area contributed by atoms with Crippen LogP contribution >= 0.6 is 0 Å². The van der Waals surface area contributed by atoms with Crippen molar-refractivity contribution in [2.24, 2.45) is 0 Å². The van der Waals surface area contributed by atoms with Crippen LogP contribution in [0.3, 0.4) is 0 Å². The highest BCUT2D eigenvalue weighted by molar-refractivity contribution is 6.21. The number of hydrogen-bond donors (Lipinski definition) is 1. The molecular formula is C15H15F3N2O3. The fourth-order valence-corrected chi connectivity index (χ4v) is 2.31. The van der Waals surface area contributed by atoms with Crippen LogP contribution in [0.5, 0.6) is 0 Å². The molecule has 0 bridgehead atoms. The molecule has 1 aliphatic rings. The molecule has 8 heteroatoms. The number of unbranched alkanes of at least 4 members (excludes halogenated alkanes) is 1. The van der Waals surface area contributed by atoms with Gasteiger partial charge in [-0.1, -0.05) is 12.1 Å². The number of nitrogens with zero attached hydrogens (tertiary/aromatic N) is 1. The van der Waals surface area contributed by atoms with Gasteiger partial charge >= 0.3 is 6.18 Å². The van der Waals surface area contributed by atoms with Gasteiger partial charge in [-0.25, -0.2) is 0 Å². The van der Waals surface area contributed by atoms with E-state index in [2.05, 4.69) is 5.32 Å². The monoisotopic (exact) mass is 328 g/mol. The lowest BCUT2D eigenvalue weighted by Gasteiger charge is -2.13. The van der Waals surface area contributed by atoms with Gasteiger partial charge in [0, 0.05) is 13.1 Å². The number of hydrogen-bond acceptors (Lipinski definition) is 3. The van der Waals surface area contributed by atoms with Crippen LogP contribution in [0, 0.1) is 0 Å². The SMILES string of the molecule is O=C(CC(F)(F)F)NCCCCN1C(=O)c2ccccc2C1=O. The summed E-state index contributed by atoms with van der Waals surface area (Å²) in [6.07, 6.45) is -5.26. The molecule has 1 heterocycles. The van der Waals surface area contributed by atoms with Crippen LogP contribution in [0.2, 0.25) is 0 Å². The number of carbonyl (C=O) groups excluding carboxylic acids is 3. The minimum Gasteiger partial charge on any atom is -0.356 e. The summed E-state index contributed by atoms with van der Waals surface area (Å²) in [6, 6.07) is 6.49. The van der Waals surface area contributed by atoms with Crippen molar-refractivity contribution in [2.75, 3.05) is 13.1 Å². The molecule has 1 N–H and O–H groups in total. The number of halogens is 3. The van der Waals surface area contributed by atoms with Gasteiger partial charge < -0.3 is 5.32 Å². The number of benzene rings is 1. The third-order valence-electron chi connectivity index (χ3n) is 3.37. The highest BCUT2D eigenvalue weighted by Gasteiger charge is 2.34. The molecular weight excluding hydrogens is 313 g/mol. The molecule has 0 aliphatic carbocycles. The number of nitrogens with one attached hydrogen (secondary N) is 1. The van der Waals surface area contributed by atoms with E-state index in [1.54, 1.807) is 24.3 Å². The van der Waals surface area contributed by atoms with E-state index >= 15 is 0 Å². The first-order valence-corrected chi connectivity index (χ1v) is 7.08. The van der Waals surface area contributed by atoms with E-state index in [4.69, 9.17) is 0 Å². The molecule has 5 nitrogen and oxygen atoms in total. The van der Waals surface area contributed by atoms with Crippen molar-refractivity contribution < 1.29 is 27.6 Å². The summed E-state index contributed by atoms with van der Waals surface area (Å²) < 4.78 is 35.9. The predicted molar refractivity (Wildman–Crippen MR) is 74.7 cm³/mol. The van der Waals surface area contributed by atoms with Crippen molar-refractivity contribution in [3.05, 3.63) is 35.4 Å². The van der Waals surface area contributed by atoms with E-state index < -0.39 is 18.5 Å². The molecule has 124 valence electrons. The van der Waals surface area contributed by atoms with Gasteiger partial charge in [0.2, 0.25) is 5.91 Å². The second-order valence-electron chi connectivity index (χ2n) is 5.16. The topological polar surface area (TPSA) is 66.5 Å². The fourth-order valence-electron chi connectivity index (χ4n) is 2.31. The third kappa shape index (κ3) is 4.30. The molecule has 0 fully saturated rings. The van der Waals surface area contributed by atoms with E-state index in [0.717, 1.165) is 4.90 Å². The Morgan fingerprint density at radius 1 is 1.04 bits per heavy atom. The van der Waals surface area contributed by atoms with Gasteiger partial charge in [0.05, 0.1) is 11.1 Å². The number of imide groups is 1. The van der Waals surface area contributed by atoms with Gasteiger partial charge in [-0.15, -0.1) is 0 Å². The molecule has 3 amide bonds. The third-order valence-corrected chi connectivity index (χ3v) is 3.37. The zero-order valence-electron chi connectivity index (χ0n) is 12.2. The average molecular weight is 328 g/mol. The van der Waals surface area contributed by atoms with Gasteiger partial charge in [0.1, 0.15) is 6.42 Å². The Hall–Kier alpha value is -2.38. The fraction of sp³-hybridized carbons (Fsp3) is 0.400. The van der Waals surface area contributed by atoms with Crippen LogP contribution in [0.4, 0.5) is 13.2 Å². The smallest absolute Gasteiger partial charge is 0.356 e. The van der Waals surface area contributed by atoms with Crippen molar-refractivity contribution in [1.29, 1.82) is 0 Å². The molecule has 0 atom stereocenters. The summed E-state index contributed by atoms with van der Waals surface area (Å²) in [6.45, 7) is 0.236. The largest absolute Gasteiger partial charge is 0.397 e. The molecule has 1 aromatic rings. The Morgan fingerprint density at radius 3 is 2.13 bits per heavy atom. The van der Waals surface area contributed by atoms with E-state index in [0.29, 0.717) is 24.0 Å². The van der Waals surface area contributed by atoms with E-state index in [1.165, 1.54) is 0 Å². The molecule has 0 saturated carbocycles. The first-order chi connectivity index (χ1) is 10.8. The van der Waals surface area contributed by atoms with Gasteiger partial charge in [-0.3, -0.25) is 19.3 Å². The first kappa shape index (κ1) is 17.0. The molecule has 0 spiro atoms. The summed E-state index contributed by atoms with van der Waals surface area (Å²) >= 11 is 0. The molecule has 0 unspecified atom stereocenters. The van der Waals surface area contributed by atoms with Gasteiger partial charge in [-0.2, -0.15) is 13.2 Å². The highest BCUT2D eigenvalue weighted by atomic mass is 19.4.